The lowest BCUT2D eigenvalue weighted by Gasteiger charge is -2.08. The van der Waals surface area contributed by atoms with Crippen LogP contribution >= 0.6 is 11.8 Å². The largest absolute Gasteiger partial charge is 0.477 e. The normalized spacial score (nSPS) is 10.3. The molecule has 1 N–H and O–H groups in total. The van der Waals surface area contributed by atoms with Gasteiger partial charge in [-0.05, 0) is 25.1 Å². The molecule has 2 aromatic rings. The monoisotopic (exact) mass is 364 g/mol. The topological polar surface area (TPSA) is 81.5 Å². The van der Waals surface area contributed by atoms with Gasteiger partial charge in [0, 0.05) is 29.3 Å². The summed E-state index contributed by atoms with van der Waals surface area (Å²) in [6, 6.07) is 10.9. The minimum absolute atomic E-state index is 0.269. The molecule has 6 nitrogen and oxygen atoms in total. The SMILES string of the molecule is Cc1ccc(SCCNC(=O)COc2cc(F)ccc2[N+](=O)[O-])cc1. The van der Waals surface area contributed by atoms with Gasteiger partial charge in [-0.1, -0.05) is 17.7 Å². The average Bonchev–Trinajstić information content (AvgIpc) is 2.58. The molecular formula is C17H17FN2O4S. The summed E-state index contributed by atoms with van der Waals surface area (Å²) in [4.78, 5) is 23.0. The number of carbonyl (C=O) groups excluding carboxylic acids is 1. The maximum Gasteiger partial charge on any atom is 0.311 e. The summed E-state index contributed by atoms with van der Waals surface area (Å²) in [6.45, 7) is 2.02. The van der Waals surface area contributed by atoms with E-state index in [2.05, 4.69) is 5.32 Å². The van der Waals surface area contributed by atoms with E-state index in [0.29, 0.717) is 12.3 Å². The van der Waals surface area contributed by atoms with Gasteiger partial charge in [-0.25, -0.2) is 4.39 Å². The molecule has 2 rings (SSSR count). The molecule has 0 aliphatic rings. The number of ether oxygens (including phenoxy) is 1. The summed E-state index contributed by atoms with van der Waals surface area (Å²) in [5, 5.41) is 13.5. The lowest BCUT2D eigenvalue weighted by atomic mass is 10.2. The Hall–Kier alpha value is -2.61. The Morgan fingerprint density at radius 1 is 1.28 bits per heavy atom. The lowest BCUT2D eigenvalue weighted by molar-refractivity contribution is -0.385. The zero-order chi connectivity index (χ0) is 18.2. The molecule has 0 aromatic heterocycles. The van der Waals surface area contributed by atoms with Crippen LogP contribution in [0.25, 0.3) is 0 Å². The minimum atomic E-state index is -0.690. The second kappa shape index (κ2) is 9.03. The van der Waals surface area contributed by atoms with E-state index in [-0.39, 0.29) is 11.4 Å². The van der Waals surface area contributed by atoms with Crippen molar-refractivity contribution in [3.05, 3.63) is 64.0 Å². The smallest absolute Gasteiger partial charge is 0.311 e. The highest BCUT2D eigenvalue weighted by Crippen LogP contribution is 2.27. The molecule has 0 fully saturated rings. The molecule has 0 bridgehead atoms. The van der Waals surface area contributed by atoms with Crippen LogP contribution < -0.4 is 10.1 Å². The van der Waals surface area contributed by atoms with Gasteiger partial charge in [0.05, 0.1) is 4.92 Å². The highest BCUT2D eigenvalue weighted by atomic mass is 32.2. The predicted octanol–water partition coefficient (Wildman–Crippen LogP) is 3.33. The molecule has 0 atom stereocenters. The van der Waals surface area contributed by atoms with Gasteiger partial charge in [0.1, 0.15) is 5.82 Å². The number of carbonyl (C=O) groups is 1. The fourth-order valence-corrected chi connectivity index (χ4v) is 2.71. The van der Waals surface area contributed by atoms with E-state index in [1.54, 1.807) is 11.8 Å². The Kier molecular flexibility index (Phi) is 6.76. The number of hydrogen-bond donors (Lipinski definition) is 1. The molecule has 0 saturated heterocycles. The highest BCUT2D eigenvalue weighted by molar-refractivity contribution is 7.99. The zero-order valence-corrected chi connectivity index (χ0v) is 14.3. The van der Waals surface area contributed by atoms with Crippen molar-refractivity contribution >= 4 is 23.4 Å². The Labute approximate surface area is 148 Å². The van der Waals surface area contributed by atoms with Crippen LogP contribution in [0.1, 0.15) is 5.56 Å². The molecule has 0 radical (unpaired) electrons. The fourth-order valence-electron chi connectivity index (χ4n) is 1.94. The molecule has 25 heavy (non-hydrogen) atoms. The molecule has 0 aliphatic heterocycles. The van der Waals surface area contributed by atoms with E-state index in [0.717, 1.165) is 23.1 Å². The molecule has 2 aromatic carbocycles. The van der Waals surface area contributed by atoms with Crippen LogP contribution in [0.3, 0.4) is 0 Å². The third-order valence-electron chi connectivity index (χ3n) is 3.19. The van der Waals surface area contributed by atoms with Crippen molar-refractivity contribution in [2.45, 2.75) is 11.8 Å². The third kappa shape index (κ3) is 6.07. The number of thioether (sulfide) groups is 1. The standard InChI is InChI=1S/C17H17FN2O4S/c1-12-2-5-14(6-3-12)25-9-8-19-17(21)11-24-16-10-13(18)4-7-15(16)20(22)23/h2-7,10H,8-9,11H2,1H3,(H,19,21). The molecule has 1 amide bonds. The van der Waals surface area contributed by atoms with Crippen molar-refractivity contribution < 1.29 is 18.8 Å². The molecule has 132 valence electrons. The maximum absolute atomic E-state index is 13.2. The molecule has 0 spiro atoms. The first kappa shape index (κ1) is 18.7. The molecule has 0 saturated carbocycles. The number of rotatable bonds is 8. The highest BCUT2D eigenvalue weighted by Gasteiger charge is 2.16. The molecule has 0 heterocycles. The lowest BCUT2D eigenvalue weighted by Crippen LogP contribution is -2.30. The van der Waals surface area contributed by atoms with Gasteiger partial charge in [-0.3, -0.25) is 14.9 Å². The molecule has 8 heteroatoms. The number of halogens is 1. The number of nitro benzene ring substituents is 1. The number of benzene rings is 2. The van der Waals surface area contributed by atoms with Crippen molar-refractivity contribution in [1.29, 1.82) is 0 Å². The summed E-state index contributed by atoms with van der Waals surface area (Å²) in [6.07, 6.45) is 0. The summed E-state index contributed by atoms with van der Waals surface area (Å²) in [7, 11) is 0. The quantitative estimate of drug-likeness (QED) is 0.336. The van der Waals surface area contributed by atoms with Crippen molar-refractivity contribution in [2.75, 3.05) is 18.9 Å². The van der Waals surface area contributed by atoms with Crippen LogP contribution in [0.15, 0.2) is 47.4 Å². The molecule has 0 aliphatic carbocycles. The van der Waals surface area contributed by atoms with Crippen LogP contribution in [0.2, 0.25) is 0 Å². The molecule has 0 unspecified atom stereocenters. The van der Waals surface area contributed by atoms with E-state index in [9.17, 15) is 19.3 Å². The van der Waals surface area contributed by atoms with E-state index in [1.807, 2.05) is 31.2 Å². The third-order valence-corrected chi connectivity index (χ3v) is 4.21. The van der Waals surface area contributed by atoms with Gasteiger partial charge in [0.2, 0.25) is 5.75 Å². The van der Waals surface area contributed by atoms with Crippen molar-refractivity contribution in [1.82, 2.24) is 5.32 Å². The number of amides is 1. The van der Waals surface area contributed by atoms with Crippen LogP contribution in [-0.4, -0.2) is 29.7 Å². The number of aryl methyl sites for hydroxylation is 1. The van der Waals surface area contributed by atoms with Gasteiger partial charge < -0.3 is 10.1 Å². The number of nitro groups is 1. The Morgan fingerprint density at radius 3 is 2.68 bits per heavy atom. The predicted molar refractivity (Wildman–Crippen MR) is 93.5 cm³/mol. The first-order chi connectivity index (χ1) is 12.0. The molecular weight excluding hydrogens is 347 g/mol. The Morgan fingerprint density at radius 2 is 2.00 bits per heavy atom. The van der Waals surface area contributed by atoms with E-state index in [1.165, 1.54) is 5.56 Å². The van der Waals surface area contributed by atoms with Gasteiger partial charge in [0.15, 0.2) is 6.61 Å². The van der Waals surface area contributed by atoms with Gasteiger partial charge in [-0.2, -0.15) is 0 Å². The van der Waals surface area contributed by atoms with Crippen molar-refractivity contribution in [3.8, 4) is 5.75 Å². The summed E-state index contributed by atoms with van der Waals surface area (Å²) >= 11 is 1.60. The first-order valence-corrected chi connectivity index (χ1v) is 8.47. The van der Waals surface area contributed by atoms with Crippen molar-refractivity contribution in [3.63, 3.8) is 0 Å². The van der Waals surface area contributed by atoms with Gasteiger partial charge in [-0.15, -0.1) is 11.8 Å². The minimum Gasteiger partial charge on any atom is -0.477 e. The average molecular weight is 364 g/mol. The van der Waals surface area contributed by atoms with E-state index >= 15 is 0 Å². The first-order valence-electron chi connectivity index (χ1n) is 7.48. The van der Waals surface area contributed by atoms with Crippen LogP contribution in [0.5, 0.6) is 5.75 Å². The number of nitrogens with one attached hydrogen (secondary N) is 1. The van der Waals surface area contributed by atoms with Crippen LogP contribution in [-0.2, 0) is 4.79 Å². The fraction of sp³-hybridized carbons (Fsp3) is 0.235. The second-order valence-corrected chi connectivity index (χ2v) is 6.34. The second-order valence-electron chi connectivity index (χ2n) is 5.17. The number of nitrogens with zero attached hydrogens (tertiary/aromatic N) is 1. The van der Waals surface area contributed by atoms with Gasteiger partial charge >= 0.3 is 5.69 Å². The number of hydrogen-bond acceptors (Lipinski definition) is 5. The summed E-state index contributed by atoms with van der Waals surface area (Å²) in [5.41, 5.74) is 0.797. The Bertz CT molecular complexity index is 753. The van der Waals surface area contributed by atoms with Crippen LogP contribution in [0.4, 0.5) is 10.1 Å². The summed E-state index contributed by atoms with van der Waals surface area (Å²) < 4.78 is 18.2. The Balaban J connectivity index is 1.75. The van der Waals surface area contributed by atoms with E-state index < -0.39 is 23.3 Å². The summed E-state index contributed by atoms with van der Waals surface area (Å²) in [5.74, 6) is -0.692. The zero-order valence-electron chi connectivity index (χ0n) is 13.5. The van der Waals surface area contributed by atoms with Crippen LogP contribution in [0, 0.1) is 22.9 Å². The van der Waals surface area contributed by atoms with Crippen molar-refractivity contribution in [2.24, 2.45) is 0 Å². The van der Waals surface area contributed by atoms with E-state index in [4.69, 9.17) is 4.74 Å². The maximum atomic E-state index is 13.2. The van der Waals surface area contributed by atoms with Gasteiger partial charge in [0.25, 0.3) is 5.91 Å².